The first-order chi connectivity index (χ1) is 17.1. The van der Waals surface area contributed by atoms with E-state index in [1.54, 1.807) is 6.08 Å². The van der Waals surface area contributed by atoms with Crippen molar-refractivity contribution in [1.29, 1.82) is 4.78 Å². The molecule has 2 saturated carbocycles. The van der Waals surface area contributed by atoms with E-state index < -0.39 is 21.6 Å². The minimum atomic E-state index is -3.27. The van der Waals surface area contributed by atoms with Crippen LogP contribution in [0.25, 0.3) is 0 Å². The molecule has 0 aromatic heterocycles. The number of benzene rings is 1. The third-order valence-electron chi connectivity index (χ3n) is 6.67. The van der Waals surface area contributed by atoms with Gasteiger partial charge < -0.3 is 4.74 Å². The van der Waals surface area contributed by atoms with Crippen LogP contribution in [0.15, 0.2) is 46.5 Å². The van der Waals surface area contributed by atoms with Crippen molar-refractivity contribution in [2.24, 2.45) is 0 Å². The number of nitrogens with one attached hydrogen (secondary N) is 2. The van der Waals surface area contributed by atoms with Gasteiger partial charge in [-0.05, 0) is 75.6 Å². The molecule has 36 heavy (non-hydrogen) atoms. The quantitative estimate of drug-likeness (QED) is 0.335. The zero-order valence-electron chi connectivity index (χ0n) is 20.3. The largest absolute Gasteiger partial charge is 0.489 e. The molecule has 2 N–H and O–H groups in total. The highest BCUT2D eigenvalue weighted by Crippen LogP contribution is 2.45. The van der Waals surface area contributed by atoms with E-state index in [1.165, 1.54) is 12.1 Å². The summed E-state index contributed by atoms with van der Waals surface area (Å²) in [5.74, 6) is -0.913. The number of piperidine rings is 1. The molecule has 1 aromatic rings. The Labute approximate surface area is 222 Å². The fourth-order valence-corrected chi connectivity index (χ4v) is 6.29. The Balaban J connectivity index is 1.49. The lowest BCUT2D eigenvalue weighted by atomic mass is 10.0. The van der Waals surface area contributed by atoms with Crippen LogP contribution in [0, 0.1) is 10.6 Å². The molecule has 1 unspecified atom stereocenters. The van der Waals surface area contributed by atoms with Crippen molar-refractivity contribution in [2.75, 3.05) is 19.6 Å². The summed E-state index contributed by atoms with van der Waals surface area (Å²) in [7, 11) is -3.27. The third kappa shape index (κ3) is 6.71. The van der Waals surface area contributed by atoms with E-state index in [0.717, 1.165) is 43.4 Å². The standard InChI is InChI=1S/C26H32Cl2FN3O3S/c1-3-5-23(28)22(16(2)27)15-32-11-4-6-18(14-32)35-25-13-24(29)21(12-20(25)17-7-8-17)26(33)31-36(30,34)19-9-10-19/h3,5,12-13,17-19H,2,4,6-11,14-15H2,1H3,(H2,30,31,33,34)/b5-3-,23-22+/t18-,36?/m1/s1. The molecule has 4 rings (SSSR count). The molecule has 3 aliphatic rings. The maximum absolute atomic E-state index is 15.1. The van der Waals surface area contributed by atoms with E-state index in [0.29, 0.717) is 41.7 Å². The number of likely N-dealkylation sites (tertiary alicyclic amines) is 1. The molecule has 1 aliphatic heterocycles. The van der Waals surface area contributed by atoms with Gasteiger partial charge in [0.2, 0.25) is 0 Å². The number of carbonyl (C=O) groups is 1. The van der Waals surface area contributed by atoms with Gasteiger partial charge in [-0.25, -0.2) is 13.4 Å². The van der Waals surface area contributed by atoms with Crippen molar-refractivity contribution in [1.82, 2.24) is 9.62 Å². The minimum absolute atomic E-state index is 0.164. The van der Waals surface area contributed by atoms with Gasteiger partial charge in [0.1, 0.15) is 27.6 Å². The van der Waals surface area contributed by atoms with Crippen LogP contribution >= 0.6 is 23.2 Å². The highest BCUT2D eigenvalue weighted by Gasteiger charge is 2.35. The van der Waals surface area contributed by atoms with E-state index in [9.17, 15) is 9.00 Å². The second-order valence-electron chi connectivity index (χ2n) is 9.72. The molecule has 1 aromatic carbocycles. The van der Waals surface area contributed by atoms with E-state index in [4.69, 9.17) is 32.7 Å². The van der Waals surface area contributed by atoms with Crippen LogP contribution in [0.4, 0.5) is 4.39 Å². The second kappa shape index (κ2) is 11.3. The van der Waals surface area contributed by atoms with Crippen molar-refractivity contribution < 1.29 is 18.1 Å². The lowest BCUT2D eigenvalue weighted by molar-refractivity contribution is 0.0932. The summed E-state index contributed by atoms with van der Waals surface area (Å²) < 4.78 is 43.9. The van der Waals surface area contributed by atoms with E-state index in [1.807, 2.05) is 13.0 Å². The first-order valence-corrected chi connectivity index (χ1v) is 14.6. The molecule has 3 fully saturated rings. The Hall–Kier alpha value is -1.87. The monoisotopic (exact) mass is 555 g/mol. The average Bonchev–Trinajstić information content (AvgIpc) is 3.69. The van der Waals surface area contributed by atoms with Gasteiger partial charge in [0.25, 0.3) is 5.91 Å². The topological polar surface area (TPSA) is 82.5 Å². The number of ether oxygens (including phenoxy) is 1. The molecule has 0 bridgehead atoms. The molecule has 0 radical (unpaired) electrons. The Bertz CT molecular complexity index is 1210. The number of amides is 1. The van der Waals surface area contributed by atoms with Crippen LogP contribution in [-0.4, -0.2) is 46.0 Å². The first kappa shape index (κ1) is 27.2. The molecular formula is C26H32Cl2FN3O3S. The molecule has 6 nitrogen and oxygen atoms in total. The van der Waals surface area contributed by atoms with Crippen molar-refractivity contribution in [3.05, 3.63) is 63.4 Å². The molecule has 196 valence electrons. The number of rotatable bonds is 10. The molecule has 2 aliphatic carbocycles. The van der Waals surface area contributed by atoms with E-state index in [-0.39, 0.29) is 22.8 Å². The summed E-state index contributed by atoms with van der Waals surface area (Å²) in [4.78, 5) is 14.9. The summed E-state index contributed by atoms with van der Waals surface area (Å²) in [5, 5.41) is 0.598. The lowest BCUT2D eigenvalue weighted by Gasteiger charge is -2.34. The predicted molar refractivity (Wildman–Crippen MR) is 143 cm³/mol. The van der Waals surface area contributed by atoms with Crippen LogP contribution in [-0.2, 0) is 9.92 Å². The number of hydrogen-bond acceptors (Lipinski definition) is 5. The molecule has 2 atom stereocenters. The van der Waals surface area contributed by atoms with E-state index in [2.05, 4.69) is 16.2 Å². The number of nitrogens with zero attached hydrogens (tertiary/aromatic N) is 1. The van der Waals surface area contributed by atoms with Gasteiger partial charge in [-0.1, -0.05) is 35.9 Å². The summed E-state index contributed by atoms with van der Waals surface area (Å²) in [6.07, 6.45) is 8.33. The fourth-order valence-electron chi connectivity index (χ4n) is 4.43. The van der Waals surface area contributed by atoms with E-state index >= 15 is 4.39 Å². The van der Waals surface area contributed by atoms with Crippen LogP contribution in [0.3, 0.4) is 0 Å². The van der Waals surface area contributed by atoms with Crippen molar-refractivity contribution in [3.63, 3.8) is 0 Å². The van der Waals surface area contributed by atoms with Gasteiger partial charge in [-0.15, -0.1) is 0 Å². The smallest absolute Gasteiger partial charge is 0.266 e. The molecule has 1 heterocycles. The number of hydrogen-bond donors (Lipinski definition) is 2. The Morgan fingerprint density at radius 3 is 2.64 bits per heavy atom. The zero-order valence-corrected chi connectivity index (χ0v) is 22.7. The molecule has 1 amide bonds. The Morgan fingerprint density at radius 1 is 1.31 bits per heavy atom. The molecule has 0 spiro atoms. The summed E-state index contributed by atoms with van der Waals surface area (Å²) >= 11 is 12.6. The molecule has 1 saturated heterocycles. The summed E-state index contributed by atoms with van der Waals surface area (Å²) in [5.41, 5.74) is 1.35. The van der Waals surface area contributed by atoms with Gasteiger partial charge in [-0.2, -0.15) is 0 Å². The maximum Gasteiger partial charge on any atom is 0.266 e. The average molecular weight is 557 g/mol. The van der Waals surface area contributed by atoms with Gasteiger partial charge in [-0.3, -0.25) is 14.4 Å². The van der Waals surface area contributed by atoms with Gasteiger partial charge >= 0.3 is 0 Å². The Morgan fingerprint density at radius 2 is 2.03 bits per heavy atom. The van der Waals surface area contributed by atoms with Gasteiger partial charge in [0.05, 0.1) is 10.8 Å². The molecular weight excluding hydrogens is 524 g/mol. The van der Waals surface area contributed by atoms with Gasteiger partial charge in [0, 0.05) is 34.8 Å². The van der Waals surface area contributed by atoms with Crippen LogP contribution in [0.2, 0.25) is 0 Å². The van der Waals surface area contributed by atoms with Crippen molar-refractivity contribution >= 4 is 39.0 Å². The third-order valence-corrected chi connectivity index (χ3v) is 9.15. The minimum Gasteiger partial charge on any atom is -0.489 e. The van der Waals surface area contributed by atoms with Crippen LogP contribution < -0.4 is 9.46 Å². The first-order valence-electron chi connectivity index (χ1n) is 12.3. The number of carbonyl (C=O) groups excluding carboxylic acids is 1. The second-order valence-corrected chi connectivity index (χ2v) is 12.7. The number of halogens is 3. The zero-order chi connectivity index (χ0) is 26.0. The normalized spacial score (nSPS) is 23.2. The summed E-state index contributed by atoms with van der Waals surface area (Å²) in [6, 6.07) is 2.77. The SMILES string of the molecule is C=C(Cl)/C(CN1CCC[C@@H](Oc2cc(F)c(C(=O)NS(=N)(=O)C3CC3)cc2C2CC2)C1)=C(Cl)\C=C/C. The summed E-state index contributed by atoms with van der Waals surface area (Å²) in [6.45, 7) is 7.72. The molecule has 10 heteroatoms. The lowest BCUT2D eigenvalue weighted by Crippen LogP contribution is -2.42. The predicted octanol–water partition coefficient (Wildman–Crippen LogP) is 6.22. The van der Waals surface area contributed by atoms with Crippen molar-refractivity contribution in [2.45, 2.75) is 62.7 Å². The Kier molecular flexibility index (Phi) is 8.49. The number of allylic oxidation sites excluding steroid dienone is 3. The van der Waals surface area contributed by atoms with Crippen LogP contribution in [0.1, 0.15) is 67.3 Å². The van der Waals surface area contributed by atoms with Crippen molar-refractivity contribution in [3.8, 4) is 5.75 Å². The maximum atomic E-state index is 15.1. The van der Waals surface area contributed by atoms with Crippen LogP contribution in [0.5, 0.6) is 5.75 Å². The highest BCUT2D eigenvalue weighted by molar-refractivity contribution is 7.92. The fraction of sp³-hybridized carbons (Fsp3) is 0.500. The highest BCUT2D eigenvalue weighted by atomic mass is 35.5. The van der Waals surface area contributed by atoms with Gasteiger partial charge in [0.15, 0.2) is 0 Å².